The lowest BCUT2D eigenvalue weighted by atomic mass is 9.99. The minimum Gasteiger partial charge on any atom is -0.349 e. The van der Waals surface area contributed by atoms with Gasteiger partial charge in [-0.05, 0) is 57.0 Å². The summed E-state index contributed by atoms with van der Waals surface area (Å²) in [6, 6.07) is 7.25. The molecule has 2 aliphatic heterocycles. The molecule has 2 heterocycles. The Morgan fingerprint density at radius 3 is 2.22 bits per heavy atom. The van der Waals surface area contributed by atoms with E-state index in [1.807, 2.05) is 0 Å². The van der Waals surface area contributed by atoms with E-state index in [0.29, 0.717) is 17.6 Å². The first-order valence-corrected chi connectivity index (χ1v) is 9.07. The summed E-state index contributed by atoms with van der Waals surface area (Å²) in [6.07, 6.45) is 4.31. The first-order valence-electron chi connectivity index (χ1n) is 7.58. The molecule has 8 heteroatoms. The van der Waals surface area contributed by atoms with Crippen LogP contribution in [0.3, 0.4) is 0 Å². The fraction of sp³-hybridized carbons (Fsp3) is 0.533. The fourth-order valence-electron chi connectivity index (χ4n) is 3.35. The molecule has 2 unspecified atom stereocenters. The molecular formula is C15H22ClN3O3S. The van der Waals surface area contributed by atoms with Gasteiger partial charge in [-0.1, -0.05) is 0 Å². The second kappa shape index (κ2) is 7.17. The van der Waals surface area contributed by atoms with Crippen LogP contribution in [0.5, 0.6) is 0 Å². The van der Waals surface area contributed by atoms with E-state index in [9.17, 15) is 13.2 Å². The Bertz CT molecular complexity index is 651. The van der Waals surface area contributed by atoms with E-state index in [2.05, 4.69) is 15.4 Å². The maximum absolute atomic E-state index is 12.3. The average Bonchev–Trinajstić information content (AvgIpc) is 2.86. The van der Waals surface area contributed by atoms with Gasteiger partial charge in [0.1, 0.15) is 0 Å². The zero-order chi connectivity index (χ0) is 15.7. The monoisotopic (exact) mass is 359 g/mol. The molecule has 6 nitrogen and oxygen atoms in total. The lowest BCUT2D eigenvalue weighted by molar-refractivity contribution is 0.0924. The van der Waals surface area contributed by atoms with Gasteiger partial charge < -0.3 is 10.6 Å². The average molecular weight is 360 g/mol. The molecule has 0 aliphatic carbocycles. The molecule has 0 radical (unpaired) electrons. The smallest absolute Gasteiger partial charge is 0.251 e. The maximum atomic E-state index is 12.3. The first kappa shape index (κ1) is 18.2. The van der Waals surface area contributed by atoms with Crippen LogP contribution in [0, 0.1) is 0 Å². The quantitative estimate of drug-likeness (QED) is 0.749. The summed E-state index contributed by atoms with van der Waals surface area (Å²) in [5.41, 5.74) is 0.487. The summed E-state index contributed by atoms with van der Waals surface area (Å²) in [4.78, 5) is 12.4. The van der Waals surface area contributed by atoms with Crippen molar-refractivity contribution in [2.45, 2.75) is 48.7 Å². The lowest BCUT2D eigenvalue weighted by Crippen LogP contribution is -2.48. The van der Waals surface area contributed by atoms with Crippen LogP contribution in [0.25, 0.3) is 0 Å². The Hall–Kier alpha value is -1.15. The van der Waals surface area contributed by atoms with Gasteiger partial charge >= 0.3 is 0 Å². The summed E-state index contributed by atoms with van der Waals surface area (Å²) in [7, 11) is -2.10. The van der Waals surface area contributed by atoms with Crippen molar-refractivity contribution in [1.29, 1.82) is 0 Å². The van der Waals surface area contributed by atoms with Gasteiger partial charge in [0.15, 0.2) is 0 Å². The van der Waals surface area contributed by atoms with Gasteiger partial charge in [-0.2, -0.15) is 0 Å². The van der Waals surface area contributed by atoms with Crippen LogP contribution in [0.4, 0.5) is 0 Å². The molecule has 1 amide bonds. The molecule has 2 fully saturated rings. The van der Waals surface area contributed by atoms with Crippen molar-refractivity contribution in [2.24, 2.45) is 0 Å². The molecule has 1 aromatic carbocycles. The third-order valence-corrected chi connectivity index (χ3v) is 5.93. The highest BCUT2D eigenvalue weighted by atomic mass is 35.5. The number of sulfonamides is 1. The SMILES string of the molecule is CNS(=O)(=O)c1ccc(C(=O)NC2CC3CCC(C2)N3)cc1.Cl. The molecule has 3 N–H and O–H groups in total. The largest absolute Gasteiger partial charge is 0.349 e. The first-order chi connectivity index (χ1) is 10.5. The Balaban J connectivity index is 0.00000192. The summed E-state index contributed by atoms with van der Waals surface area (Å²) in [6.45, 7) is 0. The molecule has 3 rings (SSSR count). The molecule has 0 aromatic heterocycles. The number of hydrogen-bond donors (Lipinski definition) is 3. The molecule has 23 heavy (non-hydrogen) atoms. The zero-order valence-electron chi connectivity index (χ0n) is 12.9. The van der Waals surface area contributed by atoms with Crippen LogP contribution in [0.15, 0.2) is 29.2 Å². The summed E-state index contributed by atoms with van der Waals surface area (Å²) in [5.74, 6) is -0.139. The van der Waals surface area contributed by atoms with Crippen LogP contribution >= 0.6 is 12.4 Å². The van der Waals surface area contributed by atoms with Crippen molar-refractivity contribution in [3.8, 4) is 0 Å². The van der Waals surface area contributed by atoms with Crippen molar-refractivity contribution >= 4 is 28.3 Å². The highest BCUT2D eigenvalue weighted by molar-refractivity contribution is 7.89. The van der Waals surface area contributed by atoms with Crippen LogP contribution in [-0.4, -0.2) is 39.5 Å². The minimum absolute atomic E-state index is 0. The van der Waals surface area contributed by atoms with Crippen molar-refractivity contribution < 1.29 is 13.2 Å². The second-order valence-corrected chi connectivity index (χ2v) is 7.90. The van der Waals surface area contributed by atoms with Gasteiger partial charge in [-0.15, -0.1) is 12.4 Å². The Kier molecular flexibility index (Phi) is 5.67. The number of carbonyl (C=O) groups is 1. The van der Waals surface area contributed by atoms with E-state index in [1.54, 1.807) is 12.1 Å². The van der Waals surface area contributed by atoms with Gasteiger partial charge in [-0.25, -0.2) is 13.1 Å². The minimum atomic E-state index is -3.46. The van der Waals surface area contributed by atoms with Gasteiger partial charge in [0.2, 0.25) is 10.0 Å². The molecular weight excluding hydrogens is 338 g/mol. The fourth-order valence-corrected chi connectivity index (χ4v) is 4.08. The number of carbonyl (C=O) groups excluding carboxylic acids is 1. The van der Waals surface area contributed by atoms with Crippen LogP contribution < -0.4 is 15.4 Å². The van der Waals surface area contributed by atoms with Gasteiger partial charge in [0.25, 0.3) is 5.91 Å². The molecule has 2 atom stereocenters. The number of halogens is 1. The number of piperidine rings is 1. The number of amides is 1. The van der Waals surface area contributed by atoms with E-state index in [4.69, 9.17) is 0 Å². The number of nitrogens with one attached hydrogen (secondary N) is 3. The van der Waals surface area contributed by atoms with Crippen molar-refractivity contribution in [3.05, 3.63) is 29.8 Å². The Labute approximate surface area is 142 Å². The Morgan fingerprint density at radius 2 is 1.70 bits per heavy atom. The standard InChI is InChI=1S/C15H21N3O3S.ClH/c1-16-22(20,21)14-6-2-10(3-7-14)15(19)18-13-8-11-4-5-12(9-13)17-11;/h2-3,6-7,11-13,16-17H,4-5,8-9H2,1H3,(H,18,19);1H. The predicted octanol–water partition coefficient (Wildman–Crippen LogP) is 1.03. The van der Waals surface area contributed by atoms with Gasteiger partial charge in [0, 0.05) is 23.7 Å². The summed E-state index contributed by atoms with van der Waals surface area (Å²) >= 11 is 0. The highest BCUT2D eigenvalue weighted by Crippen LogP contribution is 2.26. The maximum Gasteiger partial charge on any atom is 0.251 e. The highest BCUT2D eigenvalue weighted by Gasteiger charge is 2.34. The van der Waals surface area contributed by atoms with Gasteiger partial charge in [0.05, 0.1) is 4.90 Å². The van der Waals surface area contributed by atoms with Crippen molar-refractivity contribution in [2.75, 3.05) is 7.05 Å². The number of hydrogen-bond acceptors (Lipinski definition) is 4. The van der Waals surface area contributed by atoms with E-state index >= 15 is 0 Å². The lowest BCUT2D eigenvalue weighted by Gasteiger charge is -2.29. The van der Waals surface area contributed by atoms with Crippen molar-refractivity contribution in [3.63, 3.8) is 0 Å². The van der Waals surface area contributed by atoms with Crippen LogP contribution in [0.2, 0.25) is 0 Å². The van der Waals surface area contributed by atoms with E-state index in [1.165, 1.54) is 32.0 Å². The Morgan fingerprint density at radius 1 is 1.13 bits per heavy atom. The molecule has 128 valence electrons. The summed E-state index contributed by atoms with van der Waals surface area (Å²) in [5, 5.41) is 6.60. The van der Waals surface area contributed by atoms with Crippen LogP contribution in [-0.2, 0) is 10.0 Å². The normalized spacial score (nSPS) is 26.4. The number of benzene rings is 1. The predicted molar refractivity (Wildman–Crippen MR) is 90.4 cm³/mol. The van der Waals surface area contributed by atoms with Crippen LogP contribution in [0.1, 0.15) is 36.0 Å². The third kappa shape index (κ3) is 4.03. The molecule has 2 aliphatic rings. The van der Waals surface area contributed by atoms with E-state index in [0.717, 1.165) is 12.8 Å². The molecule has 2 saturated heterocycles. The third-order valence-electron chi connectivity index (χ3n) is 4.50. The number of rotatable bonds is 4. The summed E-state index contributed by atoms with van der Waals surface area (Å²) < 4.78 is 25.6. The van der Waals surface area contributed by atoms with E-state index in [-0.39, 0.29) is 29.3 Å². The second-order valence-electron chi connectivity index (χ2n) is 6.01. The molecule has 2 bridgehead atoms. The topological polar surface area (TPSA) is 87.3 Å². The molecule has 0 spiro atoms. The van der Waals surface area contributed by atoms with E-state index < -0.39 is 10.0 Å². The zero-order valence-corrected chi connectivity index (χ0v) is 14.5. The molecule has 0 saturated carbocycles. The van der Waals surface area contributed by atoms with Crippen molar-refractivity contribution in [1.82, 2.24) is 15.4 Å². The molecule has 1 aromatic rings. The number of fused-ring (bicyclic) bond motifs is 2. The van der Waals surface area contributed by atoms with Gasteiger partial charge in [-0.3, -0.25) is 4.79 Å².